The second-order valence-electron chi connectivity index (χ2n) is 9.55. The van der Waals surface area contributed by atoms with Crippen LogP contribution in [0.3, 0.4) is 0 Å². The fourth-order valence-corrected chi connectivity index (χ4v) is 4.52. The quantitative estimate of drug-likeness (QED) is 0.546. The first-order valence-corrected chi connectivity index (χ1v) is 12.4. The Hall–Kier alpha value is -3.23. The molecule has 0 unspecified atom stereocenters. The van der Waals surface area contributed by atoms with Gasteiger partial charge >= 0.3 is 0 Å². The molecule has 0 radical (unpaired) electrons. The number of amides is 1. The van der Waals surface area contributed by atoms with Crippen molar-refractivity contribution >= 4 is 23.4 Å². The van der Waals surface area contributed by atoms with E-state index in [1.165, 1.54) is 6.20 Å². The number of anilines is 3. The number of rotatable bonds is 8. The van der Waals surface area contributed by atoms with Gasteiger partial charge in [0.25, 0.3) is 0 Å². The lowest BCUT2D eigenvalue weighted by molar-refractivity contribution is -0.130. The molecule has 11 nitrogen and oxygen atoms in total. The van der Waals surface area contributed by atoms with Gasteiger partial charge in [0.2, 0.25) is 11.9 Å². The molecule has 4 heterocycles. The molecule has 0 atom stereocenters. The molecule has 2 N–H and O–H groups in total. The minimum absolute atomic E-state index is 0.205. The lowest BCUT2D eigenvalue weighted by Crippen LogP contribution is -2.34. The highest BCUT2D eigenvalue weighted by molar-refractivity contribution is 5.76. The SMILES string of the molecule is Cc1nn(C2CCN(C)CC2)cc1Nc1ncc(C#N)c(NCCCN2CCN(C)CCC2=O)n1. The van der Waals surface area contributed by atoms with Gasteiger partial charge < -0.3 is 25.3 Å². The Labute approximate surface area is 207 Å². The van der Waals surface area contributed by atoms with Gasteiger partial charge in [-0.1, -0.05) is 0 Å². The van der Waals surface area contributed by atoms with E-state index in [4.69, 9.17) is 5.10 Å². The number of aromatic nitrogens is 4. The summed E-state index contributed by atoms with van der Waals surface area (Å²) >= 11 is 0. The minimum Gasteiger partial charge on any atom is -0.369 e. The van der Waals surface area contributed by atoms with Crippen molar-refractivity contribution in [2.45, 2.75) is 38.6 Å². The highest BCUT2D eigenvalue weighted by Gasteiger charge is 2.21. The van der Waals surface area contributed by atoms with Crippen molar-refractivity contribution in [3.63, 3.8) is 0 Å². The van der Waals surface area contributed by atoms with Crippen molar-refractivity contribution < 1.29 is 4.79 Å². The van der Waals surface area contributed by atoms with Crippen LogP contribution >= 0.6 is 0 Å². The molecule has 0 aliphatic carbocycles. The maximum absolute atomic E-state index is 12.3. The topological polar surface area (TPSA) is 118 Å². The van der Waals surface area contributed by atoms with E-state index in [1.54, 1.807) is 0 Å². The molecule has 2 aliphatic heterocycles. The summed E-state index contributed by atoms with van der Waals surface area (Å²) in [6.45, 7) is 7.87. The maximum Gasteiger partial charge on any atom is 0.229 e. The molecule has 2 aromatic heterocycles. The first-order valence-electron chi connectivity index (χ1n) is 12.4. The van der Waals surface area contributed by atoms with Gasteiger partial charge in [-0.05, 0) is 53.4 Å². The molecule has 11 heteroatoms. The first-order chi connectivity index (χ1) is 16.9. The number of hydrogen-bond acceptors (Lipinski definition) is 9. The van der Waals surface area contributed by atoms with Crippen LogP contribution in [-0.4, -0.2) is 100 Å². The number of nitrogens with zero attached hydrogens (tertiary/aromatic N) is 8. The Morgan fingerprint density at radius 2 is 1.91 bits per heavy atom. The Balaban J connectivity index is 1.35. The van der Waals surface area contributed by atoms with Crippen molar-refractivity contribution in [1.82, 2.24) is 34.4 Å². The van der Waals surface area contributed by atoms with Gasteiger partial charge in [-0.15, -0.1) is 0 Å². The summed E-state index contributed by atoms with van der Waals surface area (Å²) in [4.78, 5) is 27.6. The first kappa shape index (κ1) is 24.9. The van der Waals surface area contributed by atoms with Gasteiger partial charge in [0.1, 0.15) is 17.5 Å². The largest absolute Gasteiger partial charge is 0.369 e. The summed E-state index contributed by atoms with van der Waals surface area (Å²) in [6, 6.07) is 2.55. The predicted molar refractivity (Wildman–Crippen MR) is 135 cm³/mol. The number of hydrogen-bond donors (Lipinski definition) is 2. The van der Waals surface area contributed by atoms with Crippen molar-refractivity contribution in [3.8, 4) is 6.07 Å². The van der Waals surface area contributed by atoms with Crippen LogP contribution < -0.4 is 10.6 Å². The molecule has 4 rings (SSSR count). The van der Waals surface area contributed by atoms with Crippen LogP contribution in [0, 0.1) is 18.3 Å². The fraction of sp³-hybridized carbons (Fsp3) is 0.625. The average Bonchev–Trinajstić information content (AvgIpc) is 3.13. The van der Waals surface area contributed by atoms with Gasteiger partial charge in [-0.2, -0.15) is 15.3 Å². The Morgan fingerprint density at radius 3 is 2.69 bits per heavy atom. The molecule has 0 aromatic carbocycles. The molecule has 0 spiro atoms. The molecule has 2 saturated heterocycles. The number of carbonyl (C=O) groups is 1. The minimum atomic E-state index is 0.205. The zero-order chi connectivity index (χ0) is 24.8. The van der Waals surface area contributed by atoms with Crippen molar-refractivity contribution in [2.24, 2.45) is 0 Å². The third kappa shape index (κ3) is 6.46. The average molecular weight is 481 g/mol. The number of likely N-dealkylation sites (N-methyl/N-ethyl adjacent to an activating group) is 1. The summed E-state index contributed by atoms with van der Waals surface area (Å²) in [6.07, 6.45) is 7.06. The summed E-state index contributed by atoms with van der Waals surface area (Å²) in [5, 5.41) is 20.7. The lowest BCUT2D eigenvalue weighted by atomic mass is 10.1. The third-order valence-electron chi connectivity index (χ3n) is 6.84. The zero-order valence-corrected chi connectivity index (χ0v) is 21.0. The van der Waals surface area contributed by atoms with Gasteiger partial charge in [0, 0.05) is 45.3 Å². The number of carbonyl (C=O) groups excluding carboxylic acids is 1. The maximum atomic E-state index is 12.3. The molecule has 35 heavy (non-hydrogen) atoms. The van der Waals surface area contributed by atoms with Gasteiger partial charge in [-0.25, -0.2) is 4.98 Å². The van der Waals surface area contributed by atoms with E-state index in [-0.39, 0.29) is 5.91 Å². The second kappa shape index (κ2) is 11.5. The summed E-state index contributed by atoms with van der Waals surface area (Å²) in [7, 11) is 4.20. The molecule has 0 saturated carbocycles. The van der Waals surface area contributed by atoms with Crippen LogP contribution in [0.5, 0.6) is 0 Å². The Kier molecular flexibility index (Phi) is 8.15. The van der Waals surface area contributed by atoms with Crippen LogP contribution in [0.2, 0.25) is 0 Å². The van der Waals surface area contributed by atoms with Gasteiger partial charge in [-0.3, -0.25) is 9.48 Å². The smallest absolute Gasteiger partial charge is 0.229 e. The highest BCUT2D eigenvalue weighted by Crippen LogP contribution is 2.26. The molecular weight excluding hydrogens is 444 g/mol. The number of nitriles is 1. The number of aryl methyl sites for hydroxylation is 1. The summed E-state index contributed by atoms with van der Waals surface area (Å²) < 4.78 is 2.05. The third-order valence-corrected chi connectivity index (χ3v) is 6.84. The summed E-state index contributed by atoms with van der Waals surface area (Å²) in [5.74, 6) is 1.12. The van der Waals surface area contributed by atoms with E-state index in [9.17, 15) is 10.1 Å². The lowest BCUT2D eigenvalue weighted by Gasteiger charge is -2.28. The second-order valence-corrected chi connectivity index (χ2v) is 9.55. The molecular formula is C24H36N10O. The molecule has 188 valence electrons. The van der Waals surface area contributed by atoms with Gasteiger partial charge in [0.15, 0.2) is 0 Å². The van der Waals surface area contributed by atoms with Crippen molar-refractivity contribution in [2.75, 3.05) is 70.5 Å². The van der Waals surface area contributed by atoms with Crippen LogP contribution in [0.25, 0.3) is 0 Å². The monoisotopic (exact) mass is 480 g/mol. The van der Waals surface area contributed by atoms with E-state index in [2.05, 4.69) is 48.2 Å². The van der Waals surface area contributed by atoms with E-state index in [0.29, 0.717) is 42.9 Å². The van der Waals surface area contributed by atoms with Crippen LogP contribution in [0.4, 0.5) is 17.5 Å². The molecule has 2 aliphatic rings. The van der Waals surface area contributed by atoms with Crippen LogP contribution in [0.1, 0.15) is 43.0 Å². The zero-order valence-electron chi connectivity index (χ0n) is 21.0. The van der Waals surface area contributed by atoms with E-state index in [1.807, 2.05) is 25.1 Å². The standard InChI is InChI=1S/C24H36N10O/c1-18-21(17-34(30-18)20-5-10-31(2)11-6-20)28-24-27-16-19(15-25)23(29-24)26-8-4-9-33-14-13-32(3)12-7-22(33)35/h16-17,20H,4-14H2,1-3H3,(H2,26,27,28,29). The normalized spacial score (nSPS) is 18.3. The molecule has 2 fully saturated rings. The van der Waals surface area contributed by atoms with Crippen molar-refractivity contribution in [1.29, 1.82) is 5.26 Å². The van der Waals surface area contributed by atoms with E-state index >= 15 is 0 Å². The fourth-order valence-electron chi connectivity index (χ4n) is 4.52. The van der Waals surface area contributed by atoms with E-state index in [0.717, 1.165) is 63.4 Å². The highest BCUT2D eigenvalue weighted by atomic mass is 16.2. The summed E-state index contributed by atoms with van der Waals surface area (Å²) in [5.41, 5.74) is 2.14. The number of piperidine rings is 1. The molecule has 0 bridgehead atoms. The number of nitrogens with one attached hydrogen (secondary N) is 2. The van der Waals surface area contributed by atoms with E-state index < -0.39 is 0 Å². The number of likely N-dealkylation sites (tertiary alicyclic amines) is 1. The molecule has 1 amide bonds. The molecule has 2 aromatic rings. The van der Waals surface area contributed by atoms with Gasteiger partial charge in [0.05, 0.1) is 23.6 Å². The Morgan fingerprint density at radius 1 is 1.14 bits per heavy atom. The van der Waals surface area contributed by atoms with Crippen LogP contribution in [-0.2, 0) is 4.79 Å². The predicted octanol–water partition coefficient (Wildman–Crippen LogP) is 1.83. The Bertz CT molecular complexity index is 1050. The van der Waals surface area contributed by atoms with Crippen molar-refractivity contribution in [3.05, 3.63) is 23.7 Å². The van der Waals surface area contributed by atoms with Crippen LogP contribution in [0.15, 0.2) is 12.4 Å².